The molecule has 0 radical (unpaired) electrons. The Kier molecular flexibility index (Phi) is 5.78. The quantitative estimate of drug-likeness (QED) is 0.566. The van der Waals surface area contributed by atoms with Gasteiger partial charge in [0.05, 0.1) is 4.92 Å². The normalized spacial score (nSPS) is 20.2. The van der Waals surface area contributed by atoms with Crippen molar-refractivity contribution in [2.45, 2.75) is 42.5 Å². The first kappa shape index (κ1) is 19.7. The lowest BCUT2D eigenvalue weighted by atomic mass is 9.81. The van der Waals surface area contributed by atoms with Crippen molar-refractivity contribution in [2.24, 2.45) is 0 Å². The molecule has 9 nitrogen and oxygen atoms in total. The fourth-order valence-electron chi connectivity index (χ4n) is 3.83. The molecule has 2 aliphatic rings. The average Bonchev–Trinajstić information content (AvgIpc) is 2.68. The van der Waals surface area contributed by atoms with E-state index >= 15 is 0 Å². The van der Waals surface area contributed by atoms with Crippen molar-refractivity contribution in [3.8, 4) is 0 Å². The third-order valence-corrected chi connectivity index (χ3v) is 6.79. The van der Waals surface area contributed by atoms with Gasteiger partial charge in [0.2, 0.25) is 15.9 Å². The van der Waals surface area contributed by atoms with Gasteiger partial charge in [0.25, 0.3) is 5.69 Å². The van der Waals surface area contributed by atoms with Crippen molar-refractivity contribution >= 4 is 21.6 Å². The molecule has 2 N–H and O–H groups in total. The zero-order chi connectivity index (χ0) is 19.5. The monoisotopic (exact) mass is 396 g/mol. The minimum absolute atomic E-state index is 0.231. The topological polar surface area (TPSA) is 122 Å². The van der Waals surface area contributed by atoms with Crippen LogP contribution < -0.4 is 10.0 Å². The molecule has 27 heavy (non-hydrogen) atoms. The number of piperazine rings is 1. The third-order valence-electron chi connectivity index (χ3n) is 5.20. The van der Waals surface area contributed by atoms with Gasteiger partial charge in [0, 0.05) is 32.2 Å². The molecular weight excluding hydrogens is 372 g/mol. The van der Waals surface area contributed by atoms with Crippen LogP contribution in [0.5, 0.6) is 0 Å². The van der Waals surface area contributed by atoms with Crippen molar-refractivity contribution in [1.29, 1.82) is 0 Å². The van der Waals surface area contributed by atoms with Crippen LogP contribution in [0.2, 0.25) is 0 Å². The Morgan fingerprint density at radius 1 is 1.15 bits per heavy atom. The molecule has 0 spiro atoms. The van der Waals surface area contributed by atoms with Crippen molar-refractivity contribution in [3.05, 3.63) is 34.4 Å². The molecule has 2 fully saturated rings. The number of amides is 1. The molecule has 1 aliphatic carbocycles. The number of nitro groups is 1. The zero-order valence-corrected chi connectivity index (χ0v) is 15.8. The lowest BCUT2D eigenvalue weighted by molar-refractivity contribution is -0.387. The maximum absolute atomic E-state index is 13.2. The molecule has 1 aliphatic heterocycles. The maximum atomic E-state index is 13.2. The molecule has 0 atom stereocenters. The summed E-state index contributed by atoms with van der Waals surface area (Å²) >= 11 is 0. The summed E-state index contributed by atoms with van der Waals surface area (Å²) in [7, 11) is -4.23. The molecule has 1 saturated heterocycles. The fraction of sp³-hybridized carbons (Fsp3) is 0.588. The summed E-state index contributed by atoms with van der Waals surface area (Å²) in [6.07, 6.45) is 3.20. The molecule has 10 heteroatoms. The first-order chi connectivity index (χ1) is 12.9. The van der Waals surface area contributed by atoms with Crippen LogP contribution in [0.1, 0.15) is 32.1 Å². The number of hydrogen-bond acceptors (Lipinski definition) is 6. The van der Waals surface area contributed by atoms with E-state index in [1.807, 2.05) is 0 Å². The van der Waals surface area contributed by atoms with E-state index in [1.54, 1.807) is 4.90 Å². The number of sulfonamides is 1. The van der Waals surface area contributed by atoms with Gasteiger partial charge in [-0.3, -0.25) is 14.9 Å². The Labute approximate surface area is 158 Å². The molecular formula is C17H24N4O5S. The van der Waals surface area contributed by atoms with E-state index in [-0.39, 0.29) is 5.91 Å². The highest BCUT2D eigenvalue weighted by molar-refractivity contribution is 7.89. The Morgan fingerprint density at radius 3 is 2.41 bits per heavy atom. The summed E-state index contributed by atoms with van der Waals surface area (Å²) in [5.41, 5.74) is -1.73. The van der Waals surface area contributed by atoms with Crippen LogP contribution in [0.4, 0.5) is 5.69 Å². The van der Waals surface area contributed by atoms with Gasteiger partial charge in [-0.05, 0) is 18.9 Å². The lowest BCUT2D eigenvalue weighted by Gasteiger charge is -2.41. The lowest BCUT2D eigenvalue weighted by Crippen LogP contribution is -2.62. The standard InChI is InChI=1S/C17H24N4O5S/c22-16(20-12-10-18-11-13-20)17(8-4-1-5-9-17)19-27(25,26)15-7-3-2-6-14(15)21(23)24/h2-3,6-7,18-19H,1,4-5,8-13H2. The van der Waals surface area contributed by atoms with E-state index in [2.05, 4.69) is 10.0 Å². The molecule has 1 saturated carbocycles. The second-order valence-electron chi connectivity index (χ2n) is 7.02. The Hall–Kier alpha value is -2.04. The molecule has 1 amide bonds. The highest BCUT2D eigenvalue weighted by Gasteiger charge is 2.46. The largest absolute Gasteiger partial charge is 0.339 e. The van der Waals surface area contributed by atoms with E-state index < -0.39 is 31.1 Å². The van der Waals surface area contributed by atoms with Gasteiger partial charge in [0.1, 0.15) is 5.54 Å². The highest BCUT2D eigenvalue weighted by Crippen LogP contribution is 2.33. The summed E-state index contributed by atoms with van der Waals surface area (Å²) < 4.78 is 28.6. The van der Waals surface area contributed by atoms with E-state index in [9.17, 15) is 23.3 Å². The second kappa shape index (κ2) is 7.91. The van der Waals surface area contributed by atoms with Crippen molar-refractivity contribution < 1.29 is 18.1 Å². The molecule has 0 bridgehead atoms. The molecule has 1 heterocycles. The SMILES string of the molecule is O=C(N1CCNCC1)C1(NS(=O)(=O)c2ccccc2[N+](=O)[O-])CCCCC1. The summed E-state index contributed by atoms with van der Waals surface area (Å²) in [4.78, 5) is 25.0. The van der Waals surface area contributed by atoms with Crippen LogP contribution in [0.15, 0.2) is 29.2 Å². The number of carbonyl (C=O) groups is 1. The van der Waals surface area contributed by atoms with E-state index in [4.69, 9.17) is 0 Å². The van der Waals surface area contributed by atoms with Gasteiger partial charge in [0.15, 0.2) is 4.90 Å². The van der Waals surface area contributed by atoms with Crippen LogP contribution in [-0.2, 0) is 14.8 Å². The van der Waals surface area contributed by atoms with Crippen LogP contribution in [0.25, 0.3) is 0 Å². The summed E-state index contributed by atoms with van der Waals surface area (Å²) in [5, 5.41) is 14.4. The van der Waals surface area contributed by atoms with E-state index in [0.717, 1.165) is 25.3 Å². The molecule has 148 valence electrons. The fourth-order valence-corrected chi connectivity index (χ4v) is 5.42. The number of nitro benzene ring substituents is 1. The first-order valence-corrected chi connectivity index (χ1v) is 10.6. The smallest absolute Gasteiger partial charge is 0.289 e. The van der Waals surface area contributed by atoms with Crippen LogP contribution in [0.3, 0.4) is 0 Å². The van der Waals surface area contributed by atoms with Crippen molar-refractivity contribution in [1.82, 2.24) is 14.9 Å². The van der Waals surface area contributed by atoms with E-state index in [1.165, 1.54) is 18.2 Å². The first-order valence-electron chi connectivity index (χ1n) is 9.13. The van der Waals surface area contributed by atoms with Crippen LogP contribution in [-0.4, -0.2) is 55.9 Å². The van der Waals surface area contributed by atoms with Gasteiger partial charge in [-0.15, -0.1) is 0 Å². The number of nitrogens with one attached hydrogen (secondary N) is 2. The Bertz CT molecular complexity index is 814. The van der Waals surface area contributed by atoms with Gasteiger partial charge >= 0.3 is 0 Å². The number of carbonyl (C=O) groups excluding carboxylic acids is 1. The van der Waals surface area contributed by atoms with Crippen LogP contribution in [0, 0.1) is 10.1 Å². The van der Waals surface area contributed by atoms with Gasteiger partial charge in [-0.25, -0.2) is 8.42 Å². The molecule has 0 aromatic heterocycles. The van der Waals surface area contributed by atoms with Crippen LogP contribution >= 0.6 is 0 Å². The minimum atomic E-state index is -4.23. The second-order valence-corrected chi connectivity index (χ2v) is 8.67. The molecule has 3 rings (SSSR count). The predicted molar refractivity (Wildman–Crippen MR) is 98.7 cm³/mol. The highest BCUT2D eigenvalue weighted by atomic mass is 32.2. The maximum Gasteiger partial charge on any atom is 0.289 e. The number of para-hydroxylation sites is 1. The Morgan fingerprint density at radius 2 is 1.78 bits per heavy atom. The Balaban J connectivity index is 1.94. The zero-order valence-electron chi connectivity index (χ0n) is 15.0. The average molecular weight is 396 g/mol. The van der Waals surface area contributed by atoms with Crippen molar-refractivity contribution in [2.75, 3.05) is 26.2 Å². The van der Waals surface area contributed by atoms with Gasteiger partial charge < -0.3 is 10.2 Å². The molecule has 1 aromatic rings. The predicted octanol–water partition coefficient (Wildman–Crippen LogP) is 1.01. The van der Waals surface area contributed by atoms with Gasteiger partial charge in [-0.1, -0.05) is 31.4 Å². The molecule has 0 unspecified atom stereocenters. The summed E-state index contributed by atoms with van der Waals surface area (Å²) in [6.45, 7) is 2.37. The van der Waals surface area contributed by atoms with Gasteiger partial charge in [-0.2, -0.15) is 4.72 Å². The minimum Gasteiger partial charge on any atom is -0.339 e. The summed E-state index contributed by atoms with van der Waals surface area (Å²) in [5.74, 6) is -0.231. The number of rotatable bonds is 5. The van der Waals surface area contributed by atoms with Crippen molar-refractivity contribution in [3.63, 3.8) is 0 Å². The summed E-state index contributed by atoms with van der Waals surface area (Å²) in [6, 6.07) is 5.21. The molecule has 1 aromatic carbocycles. The third kappa shape index (κ3) is 4.12. The van der Waals surface area contributed by atoms with E-state index in [0.29, 0.717) is 39.0 Å². The number of benzene rings is 1. The number of nitrogens with zero attached hydrogens (tertiary/aromatic N) is 2. The number of hydrogen-bond donors (Lipinski definition) is 2.